The van der Waals surface area contributed by atoms with Crippen LogP contribution >= 0.6 is 0 Å². The predicted octanol–water partition coefficient (Wildman–Crippen LogP) is 2.22. The van der Waals surface area contributed by atoms with E-state index >= 15 is 0 Å². The van der Waals surface area contributed by atoms with Gasteiger partial charge < -0.3 is 9.64 Å². The lowest BCUT2D eigenvalue weighted by atomic mass is 10.1. The summed E-state index contributed by atoms with van der Waals surface area (Å²) in [4.78, 5) is 13.5. The lowest BCUT2D eigenvalue weighted by molar-refractivity contribution is 0.0586. The summed E-state index contributed by atoms with van der Waals surface area (Å²) in [5.41, 5.74) is 0.148. The van der Waals surface area contributed by atoms with Crippen LogP contribution in [0.15, 0.2) is 18.2 Å². The van der Waals surface area contributed by atoms with E-state index in [1.54, 1.807) is 7.05 Å². The SMILES string of the molecule is CN(CC1CCCO1)C(=O)c1ccc(F)c(F)c1. The zero-order chi connectivity index (χ0) is 13.1. The van der Waals surface area contributed by atoms with Crippen molar-refractivity contribution >= 4 is 5.91 Å². The zero-order valence-corrected chi connectivity index (χ0v) is 10.2. The number of nitrogens with zero attached hydrogens (tertiary/aromatic N) is 1. The Hall–Kier alpha value is -1.49. The van der Waals surface area contributed by atoms with E-state index < -0.39 is 11.6 Å². The molecule has 1 aromatic rings. The fraction of sp³-hybridized carbons (Fsp3) is 0.462. The number of hydrogen-bond donors (Lipinski definition) is 0. The smallest absolute Gasteiger partial charge is 0.253 e. The van der Waals surface area contributed by atoms with E-state index in [4.69, 9.17) is 4.74 Å². The topological polar surface area (TPSA) is 29.5 Å². The Bertz CT molecular complexity index is 445. The zero-order valence-electron chi connectivity index (χ0n) is 10.2. The third-order valence-electron chi connectivity index (χ3n) is 3.01. The number of benzene rings is 1. The molecule has 0 bridgehead atoms. The highest BCUT2D eigenvalue weighted by atomic mass is 19.2. The van der Waals surface area contributed by atoms with Crippen molar-refractivity contribution in [2.24, 2.45) is 0 Å². The number of carbonyl (C=O) groups is 1. The Labute approximate surface area is 104 Å². The van der Waals surface area contributed by atoms with Gasteiger partial charge in [0.1, 0.15) is 0 Å². The maximum Gasteiger partial charge on any atom is 0.253 e. The van der Waals surface area contributed by atoms with Crippen molar-refractivity contribution in [3.63, 3.8) is 0 Å². The molecule has 0 spiro atoms. The molecule has 1 aromatic carbocycles. The van der Waals surface area contributed by atoms with Gasteiger partial charge in [0.25, 0.3) is 5.91 Å². The van der Waals surface area contributed by atoms with Crippen LogP contribution in [0.5, 0.6) is 0 Å². The fourth-order valence-corrected chi connectivity index (χ4v) is 2.03. The lowest BCUT2D eigenvalue weighted by Gasteiger charge is -2.20. The summed E-state index contributed by atoms with van der Waals surface area (Å²) in [5.74, 6) is -2.29. The number of carbonyl (C=O) groups excluding carboxylic acids is 1. The van der Waals surface area contributed by atoms with E-state index in [0.29, 0.717) is 6.54 Å². The van der Waals surface area contributed by atoms with Gasteiger partial charge in [0.05, 0.1) is 6.10 Å². The third-order valence-corrected chi connectivity index (χ3v) is 3.01. The minimum absolute atomic E-state index is 0.0456. The minimum Gasteiger partial charge on any atom is -0.376 e. The first-order chi connectivity index (χ1) is 8.58. The number of halogens is 2. The molecule has 1 amide bonds. The van der Waals surface area contributed by atoms with E-state index in [-0.39, 0.29) is 17.6 Å². The number of likely N-dealkylation sites (N-methyl/N-ethyl adjacent to an activating group) is 1. The lowest BCUT2D eigenvalue weighted by Crippen LogP contribution is -2.34. The minimum atomic E-state index is -1.01. The largest absolute Gasteiger partial charge is 0.376 e. The second-order valence-electron chi connectivity index (χ2n) is 4.45. The highest BCUT2D eigenvalue weighted by Gasteiger charge is 2.21. The molecule has 1 atom stereocenters. The average Bonchev–Trinajstić information content (AvgIpc) is 2.84. The summed E-state index contributed by atoms with van der Waals surface area (Å²) in [6.45, 7) is 1.19. The molecule has 0 radical (unpaired) electrons. The molecule has 1 saturated heterocycles. The molecule has 98 valence electrons. The van der Waals surface area contributed by atoms with Gasteiger partial charge in [0, 0.05) is 25.8 Å². The van der Waals surface area contributed by atoms with Gasteiger partial charge in [-0.2, -0.15) is 0 Å². The summed E-state index contributed by atoms with van der Waals surface area (Å²) < 4.78 is 31.2. The van der Waals surface area contributed by atoms with Crippen LogP contribution in [-0.2, 0) is 4.74 Å². The Kier molecular flexibility index (Phi) is 3.91. The molecule has 1 unspecified atom stereocenters. The maximum atomic E-state index is 13.0. The van der Waals surface area contributed by atoms with Gasteiger partial charge in [-0.25, -0.2) is 8.78 Å². The van der Waals surface area contributed by atoms with Crippen LogP contribution in [0, 0.1) is 11.6 Å². The van der Waals surface area contributed by atoms with Crippen LogP contribution in [0.4, 0.5) is 8.78 Å². The Morgan fingerprint density at radius 2 is 2.22 bits per heavy atom. The van der Waals surface area contributed by atoms with E-state index in [1.807, 2.05) is 0 Å². The third kappa shape index (κ3) is 2.85. The summed E-state index contributed by atoms with van der Waals surface area (Å²) in [6.07, 6.45) is 1.97. The van der Waals surface area contributed by atoms with Crippen LogP contribution < -0.4 is 0 Å². The van der Waals surface area contributed by atoms with Crippen molar-refractivity contribution in [2.45, 2.75) is 18.9 Å². The van der Waals surface area contributed by atoms with Crippen molar-refractivity contribution in [2.75, 3.05) is 20.2 Å². The number of rotatable bonds is 3. The molecular weight excluding hydrogens is 240 g/mol. The van der Waals surface area contributed by atoms with Crippen LogP contribution in [0.2, 0.25) is 0 Å². The highest BCUT2D eigenvalue weighted by molar-refractivity contribution is 5.94. The molecule has 1 aliphatic rings. The van der Waals surface area contributed by atoms with Crippen molar-refractivity contribution < 1.29 is 18.3 Å². The summed E-state index contributed by atoms with van der Waals surface area (Å²) in [6, 6.07) is 3.17. The number of hydrogen-bond acceptors (Lipinski definition) is 2. The van der Waals surface area contributed by atoms with E-state index in [2.05, 4.69) is 0 Å². The van der Waals surface area contributed by atoms with Gasteiger partial charge in [0.15, 0.2) is 11.6 Å². The first-order valence-electron chi connectivity index (χ1n) is 5.90. The second-order valence-corrected chi connectivity index (χ2v) is 4.45. The molecule has 5 heteroatoms. The molecule has 3 nitrogen and oxygen atoms in total. The van der Waals surface area contributed by atoms with Gasteiger partial charge in [-0.05, 0) is 31.0 Å². The van der Waals surface area contributed by atoms with Gasteiger partial charge in [0.2, 0.25) is 0 Å². The molecule has 1 fully saturated rings. The van der Waals surface area contributed by atoms with Crippen LogP contribution in [0.1, 0.15) is 23.2 Å². The van der Waals surface area contributed by atoms with E-state index in [0.717, 1.165) is 31.6 Å². The van der Waals surface area contributed by atoms with Crippen LogP contribution in [-0.4, -0.2) is 37.1 Å². The molecule has 0 saturated carbocycles. The summed E-state index contributed by atoms with van der Waals surface area (Å²) in [5, 5.41) is 0. The first-order valence-corrected chi connectivity index (χ1v) is 5.90. The van der Waals surface area contributed by atoms with Crippen LogP contribution in [0.3, 0.4) is 0 Å². The Morgan fingerprint density at radius 3 is 2.83 bits per heavy atom. The molecule has 1 aliphatic heterocycles. The van der Waals surface area contributed by atoms with Crippen molar-refractivity contribution in [1.29, 1.82) is 0 Å². The molecule has 0 N–H and O–H groups in total. The molecular formula is C13H15F2NO2. The Morgan fingerprint density at radius 1 is 1.44 bits per heavy atom. The van der Waals surface area contributed by atoms with Crippen molar-refractivity contribution in [1.82, 2.24) is 4.90 Å². The van der Waals surface area contributed by atoms with Gasteiger partial charge >= 0.3 is 0 Å². The van der Waals surface area contributed by atoms with Gasteiger partial charge in [-0.15, -0.1) is 0 Å². The summed E-state index contributed by atoms with van der Waals surface area (Å²) in [7, 11) is 1.63. The van der Waals surface area contributed by atoms with Crippen LogP contribution in [0.25, 0.3) is 0 Å². The van der Waals surface area contributed by atoms with Crippen molar-refractivity contribution in [3.05, 3.63) is 35.4 Å². The standard InChI is InChI=1S/C13H15F2NO2/c1-16(8-10-3-2-6-18-10)13(17)9-4-5-11(14)12(15)7-9/h4-5,7,10H,2-3,6,8H2,1H3. The quantitative estimate of drug-likeness (QED) is 0.828. The Balaban J connectivity index is 2.02. The highest BCUT2D eigenvalue weighted by Crippen LogP contribution is 2.15. The average molecular weight is 255 g/mol. The number of ether oxygens (including phenoxy) is 1. The predicted molar refractivity (Wildman–Crippen MR) is 62.3 cm³/mol. The monoisotopic (exact) mass is 255 g/mol. The normalized spacial score (nSPS) is 18.9. The van der Waals surface area contributed by atoms with E-state index in [9.17, 15) is 13.6 Å². The molecule has 1 heterocycles. The molecule has 0 aliphatic carbocycles. The maximum absolute atomic E-state index is 13.0. The first kappa shape index (κ1) is 13.0. The van der Waals surface area contributed by atoms with Gasteiger partial charge in [-0.3, -0.25) is 4.79 Å². The number of amides is 1. The van der Waals surface area contributed by atoms with E-state index in [1.165, 1.54) is 11.0 Å². The molecule has 2 rings (SSSR count). The fourth-order valence-electron chi connectivity index (χ4n) is 2.03. The van der Waals surface area contributed by atoms with Gasteiger partial charge in [-0.1, -0.05) is 0 Å². The molecule has 18 heavy (non-hydrogen) atoms. The second kappa shape index (κ2) is 5.44. The molecule has 0 aromatic heterocycles. The van der Waals surface area contributed by atoms with Crippen molar-refractivity contribution in [3.8, 4) is 0 Å². The summed E-state index contributed by atoms with van der Waals surface area (Å²) >= 11 is 0.